The van der Waals surface area contributed by atoms with E-state index in [4.69, 9.17) is 54.0 Å². The van der Waals surface area contributed by atoms with Crippen molar-refractivity contribution < 1.29 is 9.47 Å². The zero-order valence-electron chi connectivity index (χ0n) is 16.9. The molecule has 31 heavy (non-hydrogen) atoms. The lowest BCUT2D eigenvalue weighted by Gasteiger charge is -2.19. The Bertz CT molecular complexity index is 982. The summed E-state index contributed by atoms with van der Waals surface area (Å²) in [7, 11) is 0. The molecule has 0 bridgehead atoms. The molecule has 2 atom stereocenters. The van der Waals surface area contributed by atoms with Crippen molar-refractivity contribution in [1.82, 2.24) is 0 Å². The minimum Gasteiger partial charge on any atom is -0.490 e. The molecule has 0 amide bonds. The molecule has 3 rings (SSSR count). The Kier molecular flexibility index (Phi) is 6.10. The highest BCUT2D eigenvalue weighted by atomic mass is 16.5. The molecule has 2 aromatic rings. The van der Waals surface area contributed by atoms with Crippen molar-refractivity contribution in [1.29, 1.82) is 21.6 Å². The molecule has 2 aromatic carbocycles. The summed E-state index contributed by atoms with van der Waals surface area (Å²) in [4.78, 5) is 0. The summed E-state index contributed by atoms with van der Waals surface area (Å²) in [5, 5.41) is 30.7. The summed E-state index contributed by atoms with van der Waals surface area (Å²) in [5.41, 5.74) is 24.1. The number of benzene rings is 2. The summed E-state index contributed by atoms with van der Waals surface area (Å²) in [6.07, 6.45) is 1.76. The lowest BCUT2D eigenvalue weighted by atomic mass is 10.1. The number of rotatable bonds is 8. The lowest BCUT2D eigenvalue weighted by molar-refractivity contribution is 0.165. The SMILES string of the molecule is N=C(N)c1ccc(O[C@@H]2CC[C@H](Oc3ccc(C(=N)N)cc3C(=N)N)C2)c(C(=N)N)c1. The Morgan fingerprint density at radius 3 is 1.35 bits per heavy atom. The largest absolute Gasteiger partial charge is 0.490 e. The third-order valence-corrected chi connectivity index (χ3v) is 5.09. The number of amidine groups is 4. The lowest BCUT2D eigenvalue weighted by Crippen LogP contribution is -2.22. The Hall–Kier alpha value is -4.08. The van der Waals surface area contributed by atoms with Crippen LogP contribution < -0.4 is 32.4 Å². The standard InChI is InChI=1S/C21H26N8O2/c22-18(23)10-1-5-16(14(7-10)20(26)27)30-12-3-4-13(9-12)31-17-6-2-11(19(24)25)8-15(17)21(28)29/h1-2,5-8,12-13H,3-4,9H2,(H3,22,23)(H3,24,25)(H3,26,27)(H3,28,29)/t12-,13+. The first-order valence-electron chi connectivity index (χ1n) is 9.64. The smallest absolute Gasteiger partial charge is 0.130 e. The Morgan fingerprint density at radius 1 is 0.645 bits per heavy atom. The van der Waals surface area contributed by atoms with Crippen molar-refractivity contribution in [2.24, 2.45) is 22.9 Å². The fourth-order valence-corrected chi connectivity index (χ4v) is 3.50. The average molecular weight is 422 g/mol. The van der Waals surface area contributed by atoms with Crippen molar-refractivity contribution in [3.8, 4) is 11.5 Å². The number of nitrogens with one attached hydrogen (secondary N) is 4. The van der Waals surface area contributed by atoms with Crippen LogP contribution in [0.1, 0.15) is 41.5 Å². The predicted octanol–water partition coefficient (Wildman–Crippen LogP) is 1.20. The molecule has 0 heterocycles. The monoisotopic (exact) mass is 422 g/mol. The van der Waals surface area contributed by atoms with Crippen LogP contribution in [0.25, 0.3) is 0 Å². The van der Waals surface area contributed by atoms with Gasteiger partial charge < -0.3 is 32.4 Å². The molecule has 0 unspecified atom stereocenters. The van der Waals surface area contributed by atoms with E-state index in [1.807, 2.05) is 0 Å². The van der Waals surface area contributed by atoms with Crippen LogP contribution in [0.15, 0.2) is 36.4 Å². The van der Waals surface area contributed by atoms with Gasteiger partial charge in [-0.05, 0) is 49.2 Å². The van der Waals surface area contributed by atoms with Gasteiger partial charge in [0.05, 0.1) is 11.1 Å². The van der Waals surface area contributed by atoms with E-state index in [1.165, 1.54) is 0 Å². The minimum atomic E-state index is -0.166. The van der Waals surface area contributed by atoms with Gasteiger partial charge in [-0.3, -0.25) is 21.6 Å². The Balaban J connectivity index is 1.72. The molecule has 1 aliphatic rings. The van der Waals surface area contributed by atoms with Crippen molar-refractivity contribution in [3.05, 3.63) is 58.7 Å². The molecule has 12 N–H and O–H groups in total. The van der Waals surface area contributed by atoms with E-state index in [-0.39, 0.29) is 35.6 Å². The topological polar surface area (TPSA) is 218 Å². The Labute approximate surface area is 179 Å². The molecule has 1 saturated carbocycles. The van der Waals surface area contributed by atoms with E-state index in [1.54, 1.807) is 36.4 Å². The molecule has 1 aliphatic carbocycles. The van der Waals surface area contributed by atoms with Gasteiger partial charge in [-0.15, -0.1) is 0 Å². The van der Waals surface area contributed by atoms with Gasteiger partial charge in [-0.2, -0.15) is 0 Å². The maximum atomic E-state index is 7.79. The second-order valence-corrected chi connectivity index (χ2v) is 7.37. The number of hydrogen-bond acceptors (Lipinski definition) is 6. The van der Waals surface area contributed by atoms with Gasteiger partial charge in [0.25, 0.3) is 0 Å². The molecule has 0 radical (unpaired) electrons. The van der Waals surface area contributed by atoms with Gasteiger partial charge in [-0.25, -0.2) is 0 Å². The van der Waals surface area contributed by atoms with Crippen molar-refractivity contribution in [2.45, 2.75) is 31.5 Å². The van der Waals surface area contributed by atoms with E-state index < -0.39 is 0 Å². The van der Waals surface area contributed by atoms with Crippen LogP contribution in [0.2, 0.25) is 0 Å². The highest BCUT2D eigenvalue weighted by molar-refractivity contribution is 6.03. The fraction of sp³-hybridized carbons (Fsp3) is 0.238. The molecule has 0 aliphatic heterocycles. The maximum Gasteiger partial charge on any atom is 0.130 e. The van der Waals surface area contributed by atoms with Crippen LogP contribution in [0, 0.1) is 21.6 Å². The zero-order chi connectivity index (χ0) is 22.7. The number of ether oxygens (including phenoxy) is 2. The summed E-state index contributed by atoms with van der Waals surface area (Å²) >= 11 is 0. The van der Waals surface area contributed by atoms with Gasteiger partial charge in [0.1, 0.15) is 47.0 Å². The van der Waals surface area contributed by atoms with E-state index in [9.17, 15) is 0 Å². The van der Waals surface area contributed by atoms with Gasteiger partial charge in [0.15, 0.2) is 0 Å². The van der Waals surface area contributed by atoms with E-state index in [0.29, 0.717) is 40.2 Å². The van der Waals surface area contributed by atoms with Crippen LogP contribution in [0.4, 0.5) is 0 Å². The first-order valence-corrected chi connectivity index (χ1v) is 9.64. The quantitative estimate of drug-likeness (QED) is 0.230. The molecular formula is C21H26N8O2. The predicted molar refractivity (Wildman–Crippen MR) is 120 cm³/mol. The van der Waals surface area contributed by atoms with E-state index >= 15 is 0 Å². The molecule has 10 nitrogen and oxygen atoms in total. The third-order valence-electron chi connectivity index (χ3n) is 5.09. The van der Waals surface area contributed by atoms with Crippen LogP contribution in [-0.4, -0.2) is 35.6 Å². The van der Waals surface area contributed by atoms with Gasteiger partial charge in [0.2, 0.25) is 0 Å². The summed E-state index contributed by atoms with van der Waals surface area (Å²) in [6.45, 7) is 0. The highest BCUT2D eigenvalue weighted by Gasteiger charge is 2.29. The van der Waals surface area contributed by atoms with Crippen LogP contribution >= 0.6 is 0 Å². The number of hydrogen-bond donors (Lipinski definition) is 8. The molecule has 10 heteroatoms. The third kappa shape index (κ3) is 4.92. The maximum absolute atomic E-state index is 7.79. The first-order chi connectivity index (χ1) is 14.7. The van der Waals surface area contributed by atoms with E-state index in [2.05, 4.69) is 0 Å². The molecule has 1 fully saturated rings. The molecule has 0 aromatic heterocycles. The zero-order valence-corrected chi connectivity index (χ0v) is 16.9. The number of nitrogen functional groups attached to an aromatic ring is 4. The van der Waals surface area contributed by atoms with Crippen LogP contribution in [-0.2, 0) is 0 Å². The molecular weight excluding hydrogens is 396 g/mol. The van der Waals surface area contributed by atoms with Crippen molar-refractivity contribution >= 4 is 23.3 Å². The van der Waals surface area contributed by atoms with Crippen LogP contribution in [0.5, 0.6) is 11.5 Å². The Morgan fingerprint density at radius 2 is 1.03 bits per heavy atom. The number of nitrogens with two attached hydrogens (primary N) is 4. The highest BCUT2D eigenvalue weighted by Crippen LogP contribution is 2.31. The summed E-state index contributed by atoms with van der Waals surface area (Å²) in [5.74, 6) is 0.360. The minimum absolute atomic E-state index is 0.111. The fourth-order valence-electron chi connectivity index (χ4n) is 3.50. The van der Waals surface area contributed by atoms with Gasteiger partial charge >= 0.3 is 0 Å². The first kappa shape index (κ1) is 21.6. The van der Waals surface area contributed by atoms with Gasteiger partial charge in [-0.1, -0.05) is 0 Å². The summed E-state index contributed by atoms with van der Waals surface area (Å²) < 4.78 is 12.1. The summed E-state index contributed by atoms with van der Waals surface area (Å²) in [6, 6.07) is 9.77. The van der Waals surface area contributed by atoms with Crippen LogP contribution in [0.3, 0.4) is 0 Å². The second kappa shape index (κ2) is 8.74. The van der Waals surface area contributed by atoms with E-state index in [0.717, 1.165) is 12.8 Å². The average Bonchev–Trinajstić information content (AvgIpc) is 3.14. The molecule has 162 valence electrons. The molecule has 0 saturated heterocycles. The van der Waals surface area contributed by atoms with Crippen molar-refractivity contribution in [3.63, 3.8) is 0 Å². The van der Waals surface area contributed by atoms with Gasteiger partial charge in [0, 0.05) is 17.5 Å². The molecule has 0 spiro atoms. The normalized spacial score (nSPS) is 17.7. The van der Waals surface area contributed by atoms with Crippen molar-refractivity contribution in [2.75, 3.05) is 0 Å². The second-order valence-electron chi connectivity index (χ2n) is 7.37.